The number of aromatic amines is 1. The van der Waals surface area contributed by atoms with E-state index in [-0.39, 0.29) is 0 Å². The van der Waals surface area contributed by atoms with Crippen molar-refractivity contribution in [3.8, 4) is 28.8 Å². The molecule has 0 radical (unpaired) electrons. The Balaban J connectivity index is 1.43. The third kappa shape index (κ3) is 4.96. The number of methoxy groups -OCH3 is 1. The number of pyridine rings is 1. The number of ether oxygens (including phenoxy) is 2. The average Bonchev–Trinajstić information content (AvgIpc) is 3.23. The molecule has 2 aromatic heterocycles. The first-order valence-electron chi connectivity index (χ1n) is 10.1. The van der Waals surface area contributed by atoms with E-state index < -0.39 is 0 Å². The summed E-state index contributed by atoms with van der Waals surface area (Å²) in [5.41, 5.74) is 2.95. The highest BCUT2D eigenvalue weighted by atomic mass is 16.5. The lowest BCUT2D eigenvalue weighted by Gasteiger charge is -2.32. The van der Waals surface area contributed by atoms with Gasteiger partial charge in [0, 0.05) is 51.1 Å². The smallest absolute Gasteiger partial charge is 0.213 e. The highest BCUT2D eigenvalue weighted by Crippen LogP contribution is 2.29. The Hall–Kier alpha value is -2.83. The fourth-order valence-electron chi connectivity index (χ4n) is 3.55. The zero-order valence-electron chi connectivity index (χ0n) is 17.1. The van der Waals surface area contributed by atoms with E-state index in [2.05, 4.69) is 38.9 Å². The van der Waals surface area contributed by atoms with Crippen molar-refractivity contribution in [2.75, 3.05) is 46.9 Å². The van der Waals surface area contributed by atoms with Gasteiger partial charge in [0.15, 0.2) is 0 Å². The fraction of sp³-hybridized carbons (Fsp3) is 0.348. The van der Waals surface area contributed by atoms with Crippen LogP contribution in [0.15, 0.2) is 54.7 Å². The molecule has 0 bridgehead atoms. The number of hydrogen-bond acceptors (Lipinski definition) is 5. The molecule has 4 rings (SSSR count). The van der Waals surface area contributed by atoms with Crippen LogP contribution in [0, 0.1) is 0 Å². The van der Waals surface area contributed by atoms with E-state index in [4.69, 9.17) is 9.47 Å². The molecule has 6 nitrogen and oxygen atoms in total. The molecule has 1 fully saturated rings. The van der Waals surface area contributed by atoms with Crippen molar-refractivity contribution in [3.05, 3.63) is 60.3 Å². The zero-order valence-corrected chi connectivity index (χ0v) is 17.1. The molecule has 0 unspecified atom stereocenters. The maximum Gasteiger partial charge on any atom is 0.213 e. The molecule has 6 heteroatoms. The quantitative estimate of drug-likeness (QED) is 0.665. The lowest BCUT2D eigenvalue weighted by molar-refractivity contribution is 0.155. The van der Waals surface area contributed by atoms with Crippen LogP contribution >= 0.6 is 0 Å². The summed E-state index contributed by atoms with van der Waals surface area (Å²) in [6, 6.07) is 16.0. The molecule has 152 valence electrons. The van der Waals surface area contributed by atoms with Gasteiger partial charge in [0.2, 0.25) is 5.88 Å². The molecular formula is C23H28N4O2. The summed E-state index contributed by atoms with van der Waals surface area (Å²) in [4.78, 5) is 12.6. The van der Waals surface area contributed by atoms with Gasteiger partial charge in [-0.05, 0) is 31.2 Å². The number of nitrogens with one attached hydrogen (secondary N) is 1. The minimum Gasteiger partial charge on any atom is -0.481 e. The molecular weight excluding hydrogens is 364 g/mol. The van der Waals surface area contributed by atoms with Crippen molar-refractivity contribution in [2.45, 2.75) is 6.42 Å². The topological polar surface area (TPSA) is 53.6 Å². The SMILES string of the molecule is COc1cccc(-c2cc(Oc3ccccc3CCN3CCN(C)CC3)c[nH]2)n1. The average molecular weight is 393 g/mol. The molecule has 1 saturated heterocycles. The van der Waals surface area contributed by atoms with E-state index in [0.29, 0.717) is 5.88 Å². The maximum atomic E-state index is 6.21. The molecule has 29 heavy (non-hydrogen) atoms. The van der Waals surface area contributed by atoms with Crippen LogP contribution in [0.3, 0.4) is 0 Å². The number of piperazine rings is 1. The van der Waals surface area contributed by atoms with Gasteiger partial charge in [0.25, 0.3) is 0 Å². The predicted molar refractivity (Wildman–Crippen MR) is 115 cm³/mol. The Morgan fingerprint density at radius 1 is 1.03 bits per heavy atom. The first-order chi connectivity index (χ1) is 14.2. The number of likely N-dealkylation sites (N-methyl/N-ethyl adjacent to an activating group) is 1. The van der Waals surface area contributed by atoms with E-state index in [1.54, 1.807) is 7.11 Å². The number of benzene rings is 1. The van der Waals surface area contributed by atoms with Gasteiger partial charge in [-0.1, -0.05) is 24.3 Å². The molecule has 1 aliphatic heterocycles. The highest BCUT2D eigenvalue weighted by molar-refractivity contribution is 5.58. The lowest BCUT2D eigenvalue weighted by Crippen LogP contribution is -2.45. The van der Waals surface area contributed by atoms with Crippen LogP contribution in [0.25, 0.3) is 11.4 Å². The third-order valence-electron chi connectivity index (χ3n) is 5.36. The molecule has 3 heterocycles. The second-order valence-electron chi connectivity index (χ2n) is 7.42. The first kappa shape index (κ1) is 19.5. The van der Waals surface area contributed by atoms with Crippen molar-refractivity contribution in [3.63, 3.8) is 0 Å². The number of para-hydroxylation sites is 1. The zero-order chi connectivity index (χ0) is 20.1. The van der Waals surface area contributed by atoms with Gasteiger partial charge in [0.05, 0.1) is 18.5 Å². The van der Waals surface area contributed by atoms with Crippen molar-refractivity contribution in [1.29, 1.82) is 0 Å². The van der Waals surface area contributed by atoms with Crippen molar-refractivity contribution in [2.24, 2.45) is 0 Å². The van der Waals surface area contributed by atoms with Crippen molar-refractivity contribution < 1.29 is 9.47 Å². The van der Waals surface area contributed by atoms with E-state index in [1.165, 1.54) is 5.56 Å². The third-order valence-corrected chi connectivity index (χ3v) is 5.36. The molecule has 1 N–H and O–H groups in total. The summed E-state index contributed by atoms with van der Waals surface area (Å²) in [6.45, 7) is 5.61. The minimum atomic E-state index is 0.592. The summed E-state index contributed by atoms with van der Waals surface area (Å²) in [5.74, 6) is 2.27. The van der Waals surface area contributed by atoms with Crippen LogP contribution < -0.4 is 9.47 Å². The Morgan fingerprint density at radius 2 is 1.86 bits per heavy atom. The van der Waals surface area contributed by atoms with Gasteiger partial charge in [-0.2, -0.15) is 0 Å². The van der Waals surface area contributed by atoms with Gasteiger partial charge < -0.3 is 24.3 Å². The molecule has 0 saturated carbocycles. The van der Waals surface area contributed by atoms with Crippen LogP contribution in [0.4, 0.5) is 0 Å². The summed E-state index contributed by atoms with van der Waals surface area (Å²) in [5, 5.41) is 0. The lowest BCUT2D eigenvalue weighted by atomic mass is 10.1. The molecule has 0 amide bonds. The largest absolute Gasteiger partial charge is 0.481 e. The van der Waals surface area contributed by atoms with Gasteiger partial charge in [-0.15, -0.1) is 0 Å². The fourth-order valence-corrected chi connectivity index (χ4v) is 3.55. The van der Waals surface area contributed by atoms with Gasteiger partial charge in [0.1, 0.15) is 11.5 Å². The summed E-state index contributed by atoms with van der Waals surface area (Å²) < 4.78 is 11.4. The van der Waals surface area contributed by atoms with Crippen LogP contribution in [-0.4, -0.2) is 66.6 Å². The Morgan fingerprint density at radius 3 is 2.69 bits per heavy atom. The van der Waals surface area contributed by atoms with Crippen molar-refractivity contribution >= 4 is 0 Å². The van der Waals surface area contributed by atoms with E-state index >= 15 is 0 Å². The summed E-state index contributed by atoms with van der Waals surface area (Å²) >= 11 is 0. The molecule has 3 aromatic rings. The van der Waals surface area contributed by atoms with Crippen LogP contribution in [0.1, 0.15) is 5.56 Å². The maximum absolute atomic E-state index is 6.21. The predicted octanol–water partition coefficient (Wildman–Crippen LogP) is 3.67. The summed E-state index contributed by atoms with van der Waals surface area (Å²) in [6.07, 6.45) is 2.85. The molecule has 0 aliphatic carbocycles. The van der Waals surface area contributed by atoms with Gasteiger partial charge in [-0.25, -0.2) is 4.98 Å². The van der Waals surface area contributed by atoms with Crippen molar-refractivity contribution in [1.82, 2.24) is 19.8 Å². The Bertz CT molecular complexity index is 932. The standard InChI is InChI=1S/C23H28N4O2/c1-26-12-14-27(15-13-26)11-10-18-6-3-4-8-22(18)29-19-16-21(24-17-19)20-7-5-9-23(25-20)28-2/h3-9,16-17,24H,10-15H2,1-2H3. The second kappa shape index (κ2) is 9.11. The highest BCUT2D eigenvalue weighted by Gasteiger charge is 2.15. The van der Waals surface area contributed by atoms with Crippen LogP contribution in [0.2, 0.25) is 0 Å². The van der Waals surface area contributed by atoms with E-state index in [9.17, 15) is 0 Å². The van der Waals surface area contributed by atoms with Gasteiger partial charge >= 0.3 is 0 Å². The minimum absolute atomic E-state index is 0.592. The normalized spacial score (nSPS) is 15.4. The molecule has 1 aliphatic rings. The molecule has 1 aromatic carbocycles. The van der Waals surface area contributed by atoms with Gasteiger partial charge in [-0.3, -0.25) is 0 Å². The number of rotatable bonds is 7. The monoisotopic (exact) mass is 392 g/mol. The molecule has 0 spiro atoms. The van der Waals surface area contributed by atoms with Crippen LogP contribution in [-0.2, 0) is 6.42 Å². The summed E-state index contributed by atoms with van der Waals surface area (Å²) in [7, 11) is 3.81. The molecule has 0 atom stereocenters. The Kier molecular flexibility index (Phi) is 6.12. The van der Waals surface area contributed by atoms with E-state index in [0.717, 1.165) is 62.0 Å². The second-order valence-corrected chi connectivity index (χ2v) is 7.42. The van der Waals surface area contributed by atoms with E-state index in [1.807, 2.05) is 42.6 Å². The Labute approximate surface area is 172 Å². The number of nitrogens with zero attached hydrogens (tertiary/aromatic N) is 3. The first-order valence-corrected chi connectivity index (χ1v) is 10.1. The number of aromatic nitrogens is 2. The number of hydrogen-bond donors (Lipinski definition) is 1. The van der Waals surface area contributed by atoms with Crippen LogP contribution in [0.5, 0.6) is 17.4 Å². The number of H-pyrrole nitrogens is 1.